The summed E-state index contributed by atoms with van der Waals surface area (Å²) in [5, 5.41) is 8.59. The minimum atomic E-state index is -2.93. The van der Waals surface area contributed by atoms with Crippen molar-refractivity contribution in [2.75, 3.05) is 30.5 Å². The summed E-state index contributed by atoms with van der Waals surface area (Å²) in [5.74, 6) is 2.04. The van der Waals surface area contributed by atoms with E-state index in [-0.39, 0.29) is 23.5 Å². The summed E-state index contributed by atoms with van der Waals surface area (Å²) in [7, 11) is -1.26. The van der Waals surface area contributed by atoms with Gasteiger partial charge in [0.15, 0.2) is 15.5 Å². The van der Waals surface area contributed by atoms with Crippen LogP contribution in [0.4, 0.5) is 5.82 Å². The Morgan fingerprint density at radius 3 is 2.76 bits per heavy atom. The third-order valence-corrected chi connectivity index (χ3v) is 7.68. The van der Waals surface area contributed by atoms with Crippen LogP contribution in [0.5, 0.6) is 5.75 Å². The average Bonchev–Trinajstić information content (AvgIpc) is 3.24. The molecule has 1 aliphatic rings. The standard InChI is InChI=1S/C23H24N6O3S/c1-15(19-5-3-4-6-21(19)32-2)9-24-22-8-20(26-14-27-22)16-7-17-11-28-29(23(17)25-10-16)18-12-33(30,31)13-18/h3-8,10-11,14-15,18H,9,12-13H2,1-2H3,(H,24,26,27)/t15-/m1/s1. The molecule has 0 spiro atoms. The second kappa shape index (κ2) is 8.43. The minimum Gasteiger partial charge on any atom is -0.496 e. The normalized spacial score (nSPS) is 16.3. The van der Waals surface area contributed by atoms with Gasteiger partial charge in [0, 0.05) is 35.7 Å². The predicted molar refractivity (Wildman–Crippen MR) is 126 cm³/mol. The molecule has 1 aromatic carbocycles. The Morgan fingerprint density at radius 1 is 1.15 bits per heavy atom. The molecule has 0 bridgehead atoms. The fourth-order valence-corrected chi connectivity index (χ4v) is 5.44. The number of fused-ring (bicyclic) bond motifs is 1. The van der Waals surface area contributed by atoms with Crippen LogP contribution in [0.1, 0.15) is 24.4 Å². The molecule has 3 aromatic heterocycles. The van der Waals surface area contributed by atoms with Crippen molar-refractivity contribution in [2.45, 2.75) is 18.9 Å². The Labute approximate surface area is 191 Å². The molecule has 0 amide bonds. The molecule has 0 saturated carbocycles. The number of hydrogen-bond donors (Lipinski definition) is 1. The van der Waals surface area contributed by atoms with E-state index in [9.17, 15) is 8.42 Å². The van der Waals surface area contributed by atoms with E-state index in [0.29, 0.717) is 12.2 Å². The summed E-state index contributed by atoms with van der Waals surface area (Å²) in [6.45, 7) is 2.82. The maximum Gasteiger partial charge on any atom is 0.158 e. The molecule has 4 heterocycles. The number of para-hydroxylation sites is 1. The van der Waals surface area contributed by atoms with E-state index in [4.69, 9.17) is 4.74 Å². The van der Waals surface area contributed by atoms with Crippen LogP contribution in [-0.4, -0.2) is 58.3 Å². The molecule has 0 unspecified atom stereocenters. The SMILES string of the molecule is COc1ccccc1[C@H](C)CNc1cc(-c2cnc3c(cnn3C3CS(=O)(=O)C3)c2)ncn1. The lowest BCUT2D eigenvalue weighted by Crippen LogP contribution is -2.38. The maximum atomic E-state index is 11.5. The average molecular weight is 465 g/mol. The Kier molecular flexibility index (Phi) is 5.45. The van der Waals surface area contributed by atoms with Crippen molar-refractivity contribution >= 4 is 26.7 Å². The first-order chi connectivity index (χ1) is 15.9. The highest BCUT2D eigenvalue weighted by atomic mass is 32.2. The Hall–Kier alpha value is -3.53. The number of nitrogens with zero attached hydrogens (tertiary/aromatic N) is 5. The second-order valence-electron chi connectivity index (χ2n) is 8.27. The number of hydrogen-bond acceptors (Lipinski definition) is 8. The zero-order chi connectivity index (χ0) is 23.0. The maximum absolute atomic E-state index is 11.5. The third-order valence-electron chi connectivity index (χ3n) is 5.89. The number of anilines is 1. The predicted octanol–water partition coefficient (Wildman–Crippen LogP) is 3.08. The molecule has 0 aliphatic carbocycles. The van der Waals surface area contributed by atoms with Crippen LogP contribution in [0.25, 0.3) is 22.3 Å². The van der Waals surface area contributed by atoms with Crippen molar-refractivity contribution in [3.8, 4) is 17.0 Å². The highest BCUT2D eigenvalue weighted by molar-refractivity contribution is 7.92. The van der Waals surface area contributed by atoms with Crippen LogP contribution in [0, 0.1) is 0 Å². The van der Waals surface area contributed by atoms with Gasteiger partial charge in [0.25, 0.3) is 0 Å². The number of benzene rings is 1. The number of methoxy groups -OCH3 is 1. The fraction of sp³-hybridized carbons (Fsp3) is 0.304. The highest BCUT2D eigenvalue weighted by Gasteiger charge is 2.36. The lowest BCUT2D eigenvalue weighted by molar-refractivity contribution is 0.407. The van der Waals surface area contributed by atoms with E-state index in [1.165, 1.54) is 6.33 Å². The molecule has 170 valence electrons. The third kappa shape index (κ3) is 4.25. The van der Waals surface area contributed by atoms with E-state index >= 15 is 0 Å². The van der Waals surface area contributed by atoms with Crippen LogP contribution >= 0.6 is 0 Å². The van der Waals surface area contributed by atoms with Gasteiger partial charge in [-0.05, 0) is 17.7 Å². The number of sulfone groups is 1. The largest absolute Gasteiger partial charge is 0.496 e. The van der Waals surface area contributed by atoms with E-state index in [2.05, 4.69) is 38.4 Å². The van der Waals surface area contributed by atoms with Gasteiger partial charge >= 0.3 is 0 Å². The van der Waals surface area contributed by atoms with E-state index in [0.717, 1.165) is 33.8 Å². The minimum absolute atomic E-state index is 0.113. The summed E-state index contributed by atoms with van der Waals surface area (Å²) in [6.07, 6.45) is 4.97. The molecule has 1 aliphatic heterocycles. The van der Waals surface area contributed by atoms with Gasteiger partial charge in [-0.3, -0.25) is 0 Å². The van der Waals surface area contributed by atoms with Crippen LogP contribution < -0.4 is 10.1 Å². The highest BCUT2D eigenvalue weighted by Crippen LogP contribution is 2.29. The van der Waals surface area contributed by atoms with Gasteiger partial charge in [-0.25, -0.2) is 28.1 Å². The number of nitrogens with one attached hydrogen (secondary N) is 1. The molecular formula is C23H24N6O3S. The molecule has 4 aromatic rings. The monoisotopic (exact) mass is 464 g/mol. The van der Waals surface area contributed by atoms with Crippen LogP contribution in [-0.2, 0) is 9.84 Å². The molecule has 1 atom stereocenters. The zero-order valence-electron chi connectivity index (χ0n) is 18.3. The summed E-state index contributed by atoms with van der Waals surface area (Å²) in [4.78, 5) is 13.3. The summed E-state index contributed by atoms with van der Waals surface area (Å²) in [5.41, 5.74) is 3.39. The number of ether oxygens (including phenoxy) is 1. The smallest absolute Gasteiger partial charge is 0.158 e. The van der Waals surface area contributed by atoms with Gasteiger partial charge < -0.3 is 10.1 Å². The molecule has 5 rings (SSSR count). The number of rotatable bonds is 7. The quantitative estimate of drug-likeness (QED) is 0.444. The molecule has 9 nitrogen and oxygen atoms in total. The van der Waals surface area contributed by atoms with E-state index in [1.54, 1.807) is 24.2 Å². The molecule has 1 saturated heterocycles. The Balaban J connectivity index is 1.32. The van der Waals surface area contributed by atoms with Gasteiger partial charge in [-0.2, -0.15) is 5.10 Å². The van der Waals surface area contributed by atoms with Gasteiger partial charge in [0.05, 0.1) is 36.5 Å². The lowest BCUT2D eigenvalue weighted by atomic mass is 10.00. The van der Waals surface area contributed by atoms with E-state index < -0.39 is 9.84 Å². The first-order valence-electron chi connectivity index (χ1n) is 10.7. The summed E-state index contributed by atoms with van der Waals surface area (Å²) < 4.78 is 30.2. The fourth-order valence-electron chi connectivity index (χ4n) is 4.08. The van der Waals surface area contributed by atoms with Crippen molar-refractivity contribution in [1.29, 1.82) is 0 Å². The Bertz CT molecular complexity index is 1410. The second-order valence-corrected chi connectivity index (χ2v) is 10.4. The van der Waals surface area contributed by atoms with E-state index in [1.807, 2.05) is 30.3 Å². The van der Waals surface area contributed by atoms with Crippen LogP contribution in [0.2, 0.25) is 0 Å². The molecular weight excluding hydrogens is 440 g/mol. The zero-order valence-corrected chi connectivity index (χ0v) is 19.2. The molecule has 1 N–H and O–H groups in total. The molecule has 33 heavy (non-hydrogen) atoms. The molecule has 0 radical (unpaired) electrons. The van der Waals surface area contributed by atoms with Crippen LogP contribution in [0.3, 0.4) is 0 Å². The molecule has 1 fully saturated rings. The number of aromatic nitrogens is 5. The first kappa shape index (κ1) is 21.3. The van der Waals surface area contributed by atoms with Gasteiger partial charge in [0.2, 0.25) is 0 Å². The number of pyridine rings is 1. The summed E-state index contributed by atoms with van der Waals surface area (Å²) in [6, 6.07) is 11.7. The van der Waals surface area contributed by atoms with Gasteiger partial charge in [-0.1, -0.05) is 25.1 Å². The topological polar surface area (TPSA) is 112 Å². The van der Waals surface area contributed by atoms with Crippen molar-refractivity contribution in [1.82, 2.24) is 24.7 Å². The van der Waals surface area contributed by atoms with Gasteiger partial charge in [-0.15, -0.1) is 0 Å². The van der Waals surface area contributed by atoms with Crippen molar-refractivity contribution in [3.63, 3.8) is 0 Å². The Morgan fingerprint density at radius 2 is 1.97 bits per heavy atom. The van der Waals surface area contributed by atoms with Crippen molar-refractivity contribution in [3.05, 3.63) is 60.7 Å². The van der Waals surface area contributed by atoms with Crippen LogP contribution in [0.15, 0.2) is 55.1 Å². The molecule has 10 heteroatoms. The summed E-state index contributed by atoms with van der Waals surface area (Å²) >= 11 is 0. The van der Waals surface area contributed by atoms with Gasteiger partial charge in [0.1, 0.15) is 17.9 Å². The van der Waals surface area contributed by atoms with Crippen molar-refractivity contribution in [2.24, 2.45) is 0 Å². The van der Waals surface area contributed by atoms with Crippen molar-refractivity contribution < 1.29 is 13.2 Å². The first-order valence-corrected chi connectivity index (χ1v) is 12.5. The lowest BCUT2D eigenvalue weighted by Gasteiger charge is -2.26.